The van der Waals surface area contributed by atoms with Gasteiger partial charge in [0.25, 0.3) is 0 Å². The Morgan fingerprint density at radius 3 is 2.38 bits per heavy atom. The van der Waals surface area contributed by atoms with Crippen LogP contribution in [0.25, 0.3) is 0 Å². The average molecular weight is 330 g/mol. The van der Waals surface area contributed by atoms with Crippen LogP contribution in [0.2, 0.25) is 0 Å². The van der Waals surface area contributed by atoms with E-state index in [2.05, 4.69) is 15.9 Å². The molecule has 0 radical (unpaired) electrons. The summed E-state index contributed by atoms with van der Waals surface area (Å²) in [7, 11) is 1.65. The summed E-state index contributed by atoms with van der Waals surface area (Å²) in [5, 5.41) is 0. The fourth-order valence-corrected chi connectivity index (χ4v) is 6.05. The SMILES string of the molecule is CC1(C)C2CCC1(C(Br)S(=O)(=O)Cl)C(=O)C2. The standard InChI is InChI=1S/C10H14BrClO3S/c1-9(2)6-3-4-10(9,7(13)5-6)8(11)16(12,14)15/h6,8H,3-5H2,1-2H3. The van der Waals surface area contributed by atoms with Crippen molar-refractivity contribution in [3.05, 3.63) is 0 Å². The lowest BCUT2D eigenvalue weighted by molar-refractivity contribution is -0.128. The highest BCUT2D eigenvalue weighted by atomic mass is 79.9. The lowest BCUT2D eigenvalue weighted by atomic mass is 9.70. The van der Waals surface area contributed by atoms with E-state index < -0.39 is 18.6 Å². The van der Waals surface area contributed by atoms with Crippen LogP contribution >= 0.6 is 26.6 Å². The third-order valence-electron chi connectivity index (χ3n) is 4.62. The first kappa shape index (κ1) is 12.8. The summed E-state index contributed by atoms with van der Waals surface area (Å²) in [6, 6.07) is 0. The van der Waals surface area contributed by atoms with Crippen LogP contribution in [0.4, 0.5) is 0 Å². The van der Waals surface area contributed by atoms with Crippen LogP contribution in [0.3, 0.4) is 0 Å². The number of carbonyl (C=O) groups is 1. The number of Topliss-reactive ketones (excluding diaryl/α,β-unsaturated/α-hetero) is 1. The van der Waals surface area contributed by atoms with Gasteiger partial charge in [0.2, 0.25) is 9.05 Å². The molecule has 2 rings (SSSR count). The largest absolute Gasteiger partial charge is 0.299 e. The van der Waals surface area contributed by atoms with Gasteiger partial charge in [-0.3, -0.25) is 4.79 Å². The lowest BCUT2D eigenvalue weighted by Crippen LogP contribution is -2.45. The number of ketones is 1. The van der Waals surface area contributed by atoms with Crippen LogP contribution in [0.5, 0.6) is 0 Å². The molecule has 0 amide bonds. The minimum atomic E-state index is -3.77. The molecule has 3 unspecified atom stereocenters. The Labute approximate surface area is 108 Å². The molecule has 2 bridgehead atoms. The van der Waals surface area contributed by atoms with E-state index in [0.717, 1.165) is 6.42 Å². The van der Waals surface area contributed by atoms with Crippen LogP contribution in [0.15, 0.2) is 0 Å². The number of halogens is 2. The van der Waals surface area contributed by atoms with Gasteiger partial charge in [-0.25, -0.2) is 8.42 Å². The van der Waals surface area contributed by atoms with E-state index in [4.69, 9.17) is 10.7 Å². The van der Waals surface area contributed by atoms with Crippen LogP contribution in [-0.4, -0.2) is 18.4 Å². The molecule has 2 saturated carbocycles. The summed E-state index contributed by atoms with van der Waals surface area (Å²) >= 11 is 3.14. The van der Waals surface area contributed by atoms with Gasteiger partial charge in [0, 0.05) is 17.1 Å². The minimum absolute atomic E-state index is 0.0415. The van der Waals surface area contributed by atoms with Crippen molar-refractivity contribution in [3.63, 3.8) is 0 Å². The fourth-order valence-electron chi connectivity index (χ4n) is 3.48. The number of hydrogen-bond acceptors (Lipinski definition) is 3. The van der Waals surface area contributed by atoms with Gasteiger partial charge in [0.1, 0.15) is 9.94 Å². The second-order valence-electron chi connectivity index (χ2n) is 5.35. The third kappa shape index (κ3) is 1.37. The van der Waals surface area contributed by atoms with Crippen LogP contribution in [-0.2, 0) is 13.8 Å². The molecule has 3 atom stereocenters. The quantitative estimate of drug-likeness (QED) is 0.578. The summed E-state index contributed by atoms with van der Waals surface area (Å²) in [4.78, 5) is 12.1. The highest BCUT2D eigenvalue weighted by molar-refractivity contribution is 9.11. The van der Waals surface area contributed by atoms with Crippen LogP contribution < -0.4 is 0 Å². The van der Waals surface area contributed by atoms with Gasteiger partial charge in [-0.1, -0.05) is 29.8 Å². The zero-order valence-corrected chi connectivity index (χ0v) is 12.3. The molecule has 3 nitrogen and oxygen atoms in total. The molecule has 0 heterocycles. The topological polar surface area (TPSA) is 51.2 Å². The van der Waals surface area contributed by atoms with Gasteiger partial charge in [0.15, 0.2) is 0 Å². The highest BCUT2D eigenvalue weighted by Gasteiger charge is 2.69. The van der Waals surface area contributed by atoms with Gasteiger partial charge < -0.3 is 0 Å². The number of alkyl halides is 1. The molecule has 2 aliphatic rings. The van der Waals surface area contributed by atoms with Gasteiger partial charge in [-0.15, -0.1) is 0 Å². The van der Waals surface area contributed by atoms with Crippen molar-refractivity contribution in [2.24, 2.45) is 16.7 Å². The molecule has 16 heavy (non-hydrogen) atoms. The Morgan fingerprint density at radius 1 is 1.50 bits per heavy atom. The third-order valence-corrected chi connectivity index (χ3v) is 8.96. The van der Waals surface area contributed by atoms with Crippen molar-refractivity contribution in [2.45, 2.75) is 37.3 Å². The van der Waals surface area contributed by atoms with E-state index in [1.54, 1.807) is 0 Å². The first-order valence-corrected chi connectivity index (χ1v) is 8.53. The summed E-state index contributed by atoms with van der Waals surface area (Å²) in [5.74, 6) is 0.332. The number of fused-ring (bicyclic) bond motifs is 2. The Hall–Kier alpha value is 0.390. The average Bonchev–Trinajstić information content (AvgIpc) is 2.48. The highest BCUT2D eigenvalue weighted by Crippen LogP contribution is 2.67. The Morgan fingerprint density at radius 2 is 2.06 bits per heavy atom. The van der Waals surface area contributed by atoms with Crippen molar-refractivity contribution in [1.29, 1.82) is 0 Å². The first-order valence-electron chi connectivity index (χ1n) is 5.25. The van der Waals surface area contributed by atoms with Crippen molar-refractivity contribution in [3.8, 4) is 0 Å². The maximum Gasteiger partial charge on any atom is 0.246 e. The van der Waals surface area contributed by atoms with Crippen LogP contribution in [0.1, 0.15) is 33.1 Å². The molecule has 92 valence electrons. The van der Waals surface area contributed by atoms with Crippen molar-refractivity contribution < 1.29 is 13.2 Å². The predicted molar refractivity (Wildman–Crippen MR) is 66.0 cm³/mol. The number of rotatable bonds is 2. The van der Waals surface area contributed by atoms with E-state index in [9.17, 15) is 13.2 Å². The predicted octanol–water partition coefficient (Wildman–Crippen LogP) is 2.67. The normalized spacial score (nSPS) is 39.0. The smallest absolute Gasteiger partial charge is 0.246 e. The second kappa shape index (κ2) is 3.45. The number of hydrogen-bond donors (Lipinski definition) is 0. The summed E-state index contributed by atoms with van der Waals surface area (Å²) in [6.07, 6.45) is 2.01. The van der Waals surface area contributed by atoms with Crippen molar-refractivity contribution in [2.75, 3.05) is 0 Å². The van der Waals surface area contributed by atoms with Gasteiger partial charge in [-0.05, 0) is 24.2 Å². The van der Waals surface area contributed by atoms with E-state index in [1.165, 1.54) is 0 Å². The zero-order valence-electron chi connectivity index (χ0n) is 9.16. The molecule has 0 aromatic rings. The molecular formula is C10H14BrClO3S. The van der Waals surface area contributed by atoms with Crippen molar-refractivity contribution >= 4 is 41.4 Å². The molecule has 0 aromatic heterocycles. The first-order chi connectivity index (χ1) is 7.14. The summed E-state index contributed by atoms with van der Waals surface area (Å²) in [6.45, 7) is 3.96. The fraction of sp³-hybridized carbons (Fsp3) is 0.900. The molecule has 2 aliphatic carbocycles. The van der Waals surface area contributed by atoms with E-state index in [0.29, 0.717) is 18.8 Å². The molecule has 2 fully saturated rings. The Kier molecular flexibility index (Phi) is 2.77. The van der Waals surface area contributed by atoms with Crippen LogP contribution in [0, 0.1) is 16.7 Å². The van der Waals surface area contributed by atoms with E-state index in [1.807, 2.05) is 13.8 Å². The molecule has 6 heteroatoms. The monoisotopic (exact) mass is 328 g/mol. The second-order valence-corrected chi connectivity index (χ2v) is 9.58. The molecule has 0 spiro atoms. The molecule has 0 N–H and O–H groups in total. The van der Waals surface area contributed by atoms with E-state index >= 15 is 0 Å². The Balaban J connectivity index is 2.56. The maximum atomic E-state index is 12.1. The van der Waals surface area contributed by atoms with E-state index in [-0.39, 0.29) is 11.2 Å². The maximum absolute atomic E-state index is 12.1. The lowest BCUT2D eigenvalue weighted by Gasteiger charge is -2.38. The number of carbonyl (C=O) groups excluding carboxylic acids is 1. The minimum Gasteiger partial charge on any atom is -0.299 e. The molecule has 0 saturated heterocycles. The van der Waals surface area contributed by atoms with Crippen molar-refractivity contribution in [1.82, 2.24) is 0 Å². The molecule has 0 aliphatic heterocycles. The summed E-state index contributed by atoms with van der Waals surface area (Å²) < 4.78 is 22.0. The zero-order chi connectivity index (χ0) is 12.4. The van der Waals surface area contributed by atoms with Gasteiger partial charge in [0.05, 0.1) is 5.41 Å². The Bertz CT molecular complexity index is 445. The molecular weight excluding hydrogens is 316 g/mol. The van der Waals surface area contributed by atoms with Gasteiger partial charge in [-0.2, -0.15) is 0 Å². The van der Waals surface area contributed by atoms with Gasteiger partial charge >= 0.3 is 0 Å². The summed E-state index contributed by atoms with van der Waals surface area (Å²) in [5.41, 5.74) is -1.13. The molecule has 0 aromatic carbocycles.